The molecule has 0 saturated heterocycles. The number of phenolic OH excluding ortho intramolecular Hbond substituents is 2. The van der Waals surface area contributed by atoms with E-state index in [1.54, 1.807) is 6.07 Å². The number of carbonyl (C=O) groups is 1. The number of rotatable bonds is 1. The maximum Gasteiger partial charge on any atom is 0.328 e. The van der Waals surface area contributed by atoms with Crippen molar-refractivity contribution < 1.29 is 19.8 Å². The van der Waals surface area contributed by atoms with E-state index >= 15 is 0 Å². The van der Waals surface area contributed by atoms with Crippen molar-refractivity contribution in [2.75, 3.05) is 0 Å². The molecule has 0 saturated carbocycles. The van der Waals surface area contributed by atoms with Gasteiger partial charge in [-0.3, -0.25) is 4.79 Å². The van der Waals surface area contributed by atoms with Gasteiger partial charge in [0.2, 0.25) is 0 Å². The molecule has 2 rings (SSSR count). The van der Waals surface area contributed by atoms with E-state index in [1.807, 2.05) is 0 Å². The highest BCUT2D eigenvalue weighted by Gasteiger charge is 2.31. The van der Waals surface area contributed by atoms with Gasteiger partial charge >= 0.3 is 5.97 Å². The molecular weight excluding hydrogens is 198 g/mol. The van der Waals surface area contributed by atoms with Gasteiger partial charge in [0.05, 0.1) is 5.92 Å². The normalized spacial score (nSPS) is 18.6. The van der Waals surface area contributed by atoms with Gasteiger partial charge in [-0.2, -0.15) is 5.90 Å². The number of aromatic hydroxyl groups is 2. The van der Waals surface area contributed by atoms with E-state index in [1.165, 1.54) is 6.07 Å². The van der Waals surface area contributed by atoms with E-state index in [9.17, 15) is 15.0 Å². The van der Waals surface area contributed by atoms with Crippen LogP contribution in [0.3, 0.4) is 0 Å². The lowest BCUT2D eigenvalue weighted by atomic mass is 10.1. The van der Waals surface area contributed by atoms with Crippen LogP contribution in [0, 0.1) is 5.92 Å². The summed E-state index contributed by atoms with van der Waals surface area (Å²) >= 11 is 0. The number of nitrogens with two attached hydrogens (primary N) is 1. The van der Waals surface area contributed by atoms with Gasteiger partial charge < -0.3 is 15.1 Å². The second-order valence-corrected chi connectivity index (χ2v) is 3.61. The van der Waals surface area contributed by atoms with E-state index in [-0.39, 0.29) is 17.4 Å². The minimum absolute atomic E-state index is 0.153. The Balaban J connectivity index is 2.31. The third-order valence-electron chi connectivity index (χ3n) is 2.72. The highest BCUT2D eigenvalue weighted by Crippen LogP contribution is 2.38. The minimum atomic E-state index is -0.495. The lowest BCUT2D eigenvalue weighted by Crippen LogP contribution is -2.20. The number of carbonyl (C=O) groups excluding carboxylic acids is 1. The van der Waals surface area contributed by atoms with Gasteiger partial charge in [0.1, 0.15) is 0 Å². The van der Waals surface area contributed by atoms with Crippen LogP contribution in [0.15, 0.2) is 12.1 Å². The number of benzene rings is 1. The fourth-order valence-electron chi connectivity index (χ4n) is 1.93. The second-order valence-electron chi connectivity index (χ2n) is 3.61. The van der Waals surface area contributed by atoms with Crippen molar-refractivity contribution in [3.05, 3.63) is 23.3 Å². The Labute approximate surface area is 86.0 Å². The number of fused-ring (bicyclic) bond motifs is 1. The quantitative estimate of drug-likeness (QED) is 0.454. The molecule has 0 radical (unpaired) electrons. The van der Waals surface area contributed by atoms with Crippen LogP contribution in [0.4, 0.5) is 0 Å². The molecule has 1 atom stereocenters. The zero-order valence-electron chi connectivity index (χ0n) is 7.93. The molecule has 0 aliphatic heterocycles. The van der Waals surface area contributed by atoms with Crippen LogP contribution in [0.5, 0.6) is 11.5 Å². The fourth-order valence-corrected chi connectivity index (χ4v) is 1.93. The van der Waals surface area contributed by atoms with Gasteiger partial charge in [0, 0.05) is 5.56 Å². The predicted molar refractivity (Wildman–Crippen MR) is 50.9 cm³/mol. The van der Waals surface area contributed by atoms with Crippen LogP contribution >= 0.6 is 0 Å². The van der Waals surface area contributed by atoms with Gasteiger partial charge in [-0.25, -0.2) is 0 Å². The van der Waals surface area contributed by atoms with Crippen molar-refractivity contribution in [1.82, 2.24) is 0 Å². The monoisotopic (exact) mass is 209 g/mol. The first-order valence-corrected chi connectivity index (χ1v) is 4.56. The summed E-state index contributed by atoms with van der Waals surface area (Å²) < 4.78 is 0. The van der Waals surface area contributed by atoms with E-state index in [2.05, 4.69) is 4.84 Å². The highest BCUT2D eigenvalue weighted by atomic mass is 16.7. The average molecular weight is 209 g/mol. The summed E-state index contributed by atoms with van der Waals surface area (Å²) in [6, 6.07) is 3.10. The zero-order valence-corrected chi connectivity index (χ0v) is 7.93. The minimum Gasteiger partial charge on any atom is -0.504 e. The lowest BCUT2D eigenvalue weighted by molar-refractivity contribution is -0.148. The Hall–Kier alpha value is -1.75. The van der Waals surface area contributed by atoms with E-state index in [4.69, 9.17) is 5.90 Å². The summed E-state index contributed by atoms with van der Waals surface area (Å²) in [6.07, 6.45) is 0.838. The second kappa shape index (κ2) is 3.43. The van der Waals surface area contributed by atoms with Gasteiger partial charge in [-0.1, -0.05) is 6.07 Å². The topological polar surface area (TPSA) is 92.8 Å². The Morgan fingerprint density at radius 1 is 1.40 bits per heavy atom. The molecule has 80 valence electrons. The first-order valence-electron chi connectivity index (χ1n) is 4.56. The largest absolute Gasteiger partial charge is 0.504 e. The summed E-state index contributed by atoms with van der Waals surface area (Å²) in [7, 11) is 0. The molecule has 0 heterocycles. The Morgan fingerprint density at radius 2 is 2.13 bits per heavy atom. The molecule has 1 unspecified atom stereocenters. The third-order valence-corrected chi connectivity index (χ3v) is 2.72. The van der Waals surface area contributed by atoms with Crippen molar-refractivity contribution in [3.63, 3.8) is 0 Å². The van der Waals surface area contributed by atoms with Crippen LogP contribution in [-0.4, -0.2) is 16.2 Å². The van der Waals surface area contributed by atoms with Crippen LogP contribution in [0.2, 0.25) is 0 Å². The molecule has 1 aromatic rings. The summed E-state index contributed by atoms with van der Waals surface area (Å²) in [4.78, 5) is 15.3. The molecule has 0 spiro atoms. The van der Waals surface area contributed by atoms with Crippen molar-refractivity contribution in [3.8, 4) is 11.5 Å². The first kappa shape index (κ1) is 9.79. The van der Waals surface area contributed by atoms with Crippen LogP contribution < -0.4 is 5.90 Å². The molecule has 0 amide bonds. The number of hydrogen-bond donors (Lipinski definition) is 3. The van der Waals surface area contributed by atoms with Crippen molar-refractivity contribution in [2.45, 2.75) is 12.8 Å². The SMILES string of the molecule is NOC(=O)C1Cc2ccc(O)c(O)c2C1. The molecule has 4 N–H and O–H groups in total. The average Bonchev–Trinajstić information content (AvgIpc) is 2.67. The van der Waals surface area contributed by atoms with E-state index < -0.39 is 5.97 Å². The molecule has 0 fully saturated rings. The summed E-state index contributed by atoms with van der Waals surface area (Å²) in [5.74, 6) is 3.61. The zero-order chi connectivity index (χ0) is 11.0. The molecule has 0 bridgehead atoms. The maximum atomic E-state index is 11.2. The highest BCUT2D eigenvalue weighted by molar-refractivity contribution is 5.75. The van der Waals surface area contributed by atoms with Gasteiger partial charge in [-0.05, 0) is 24.5 Å². The Morgan fingerprint density at radius 3 is 2.80 bits per heavy atom. The predicted octanol–water partition coefficient (Wildman–Crippen LogP) is 0.229. The summed E-state index contributed by atoms with van der Waals surface area (Å²) in [5.41, 5.74) is 1.45. The molecule has 1 aromatic carbocycles. The molecule has 0 aromatic heterocycles. The van der Waals surface area contributed by atoms with Crippen molar-refractivity contribution in [2.24, 2.45) is 11.8 Å². The smallest absolute Gasteiger partial charge is 0.328 e. The van der Waals surface area contributed by atoms with Crippen LogP contribution in [-0.2, 0) is 22.5 Å². The van der Waals surface area contributed by atoms with Crippen molar-refractivity contribution in [1.29, 1.82) is 0 Å². The molecule has 1 aliphatic carbocycles. The van der Waals surface area contributed by atoms with Crippen LogP contribution in [0.1, 0.15) is 11.1 Å². The number of hydrogen-bond acceptors (Lipinski definition) is 5. The van der Waals surface area contributed by atoms with Gasteiger partial charge in [-0.15, -0.1) is 0 Å². The van der Waals surface area contributed by atoms with Gasteiger partial charge in [0.15, 0.2) is 11.5 Å². The molecule has 5 heteroatoms. The summed E-state index contributed by atoms with van der Waals surface area (Å²) in [5, 5.41) is 18.8. The molecule has 5 nitrogen and oxygen atoms in total. The Bertz CT molecular complexity index is 416. The molecule has 15 heavy (non-hydrogen) atoms. The van der Waals surface area contributed by atoms with E-state index in [0.29, 0.717) is 18.4 Å². The van der Waals surface area contributed by atoms with Gasteiger partial charge in [0.25, 0.3) is 0 Å². The first-order chi connectivity index (χ1) is 7.13. The molecule has 1 aliphatic rings. The summed E-state index contributed by atoms with van der Waals surface area (Å²) in [6.45, 7) is 0. The van der Waals surface area contributed by atoms with Crippen molar-refractivity contribution >= 4 is 5.97 Å². The van der Waals surface area contributed by atoms with Crippen LogP contribution in [0.25, 0.3) is 0 Å². The fraction of sp³-hybridized carbons (Fsp3) is 0.300. The Kier molecular flexibility index (Phi) is 2.24. The number of phenols is 2. The third kappa shape index (κ3) is 1.50. The van der Waals surface area contributed by atoms with E-state index in [0.717, 1.165) is 5.56 Å². The molecular formula is C10H11NO4. The lowest BCUT2D eigenvalue weighted by Gasteiger charge is -2.04. The maximum absolute atomic E-state index is 11.2. The standard InChI is InChI=1S/C10H11NO4/c11-15-10(14)6-3-5-1-2-8(12)9(13)7(5)4-6/h1-2,6,12-13H,3-4,11H2.